The third-order valence-corrected chi connectivity index (χ3v) is 1.72. The molecular weight excluding hydrogens is 142 g/mol. The van der Waals surface area contributed by atoms with E-state index in [1.165, 1.54) is 0 Å². The lowest BCUT2D eigenvalue weighted by Gasteiger charge is -2.22. The van der Waals surface area contributed by atoms with E-state index in [2.05, 4.69) is 10.3 Å². The Bertz CT molecular complexity index is 188. The van der Waals surface area contributed by atoms with Gasteiger partial charge in [-0.1, -0.05) is 13.8 Å². The summed E-state index contributed by atoms with van der Waals surface area (Å²) >= 11 is 0. The second kappa shape index (κ2) is 3.00. The minimum atomic E-state index is -0.544. The van der Waals surface area contributed by atoms with E-state index in [-0.39, 0.29) is 17.7 Å². The minimum absolute atomic E-state index is 0.0255. The van der Waals surface area contributed by atoms with Crippen molar-refractivity contribution in [2.75, 3.05) is 0 Å². The van der Waals surface area contributed by atoms with Crippen LogP contribution in [0.5, 0.6) is 0 Å². The van der Waals surface area contributed by atoms with E-state index in [4.69, 9.17) is 5.73 Å². The molecule has 11 heavy (non-hydrogen) atoms. The highest BCUT2D eigenvalue weighted by Gasteiger charge is 2.24. The summed E-state index contributed by atoms with van der Waals surface area (Å²) in [4.78, 5) is 15.1. The molecular formula is C7H13N3O. The zero-order valence-electron chi connectivity index (χ0n) is 6.74. The van der Waals surface area contributed by atoms with Crippen LogP contribution in [0.3, 0.4) is 0 Å². The molecule has 0 aromatic heterocycles. The number of aliphatic imine (C=N–C) groups is 1. The molecule has 1 aliphatic rings. The minimum Gasteiger partial charge on any atom is -0.322 e. The lowest BCUT2D eigenvalue weighted by Crippen LogP contribution is -2.48. The molecule has 1 aliphatic heterocycles. The fourth-order valence-electron chi connectivity index (χ4n) is 1.01. The number of nitrogens with one attached hydrogen (secondary N) is 1. The molecule has 0 spiro atoms. The van der Waals surface area contributed by atoms with Crippen LogP contribution in [0.25, 0.3) is 0 Å². The van der Waals surface area contributed by atoms with E-state index >= 15 is 0 Å². The van der Waals surface area contributed by atoms with Gasteiger partial charge in [-0.25, -0.2) is 0 Å². The van der Waals surface area contributed by atoms with Gasteiger partial charge in [-0.3, -0.25) is 15.5 Å². The van der Waals surface area contributed by atoms with Gasteiger partial charge in [-0.2, -0.15) is 0 Å². The van der Waals surface area contributed by atoms with Crippen LogP contribution in [-0.2, 0) is 4.79 Å². The number of hydrogen-bond donors (Lipinski definition) is 2. The Morgan fingerprint density at radius 3 is 2.82 bits per heavy atom. The predicted octanol–water partition coefficient (Wildman–Crippen LogP) is -0.298. The fraction of sp³-hybridized carbons (Fsp3) is 0.714. The average Bonchev–Trinajstić information content (AvgIpc) is 1.85. The van der Waals surface area contributed by atoms with Gasteiger partial charge in [0.05, 0.1) is 5.92 Å². The molecule has 4 heteroatoms. The van der Waals surface area contributed by atoms with Crippen LogP contribution in [0.2, 0.25) is 0 Å². The lowest BCUT2D eigenvalue weighted by atomic mass is 9.95. The number of nitrogens with zero attached hydrogens (tertiary/aromatic N) is 1. The summed E-state index contributed by atoms with van der Waals surface area (Å²) in [6, 6.07) is 0. The topological polar surface area (TPSA) is 67.5 Å². The zero-order valence-corrected chi connectivity index (χ0v) is 6.74. The monoisotopic (exact) mass is 155 g/mol. The predicted molar refractivity (Wildman–Crippen MR) is 42.9 cm³/mol. The molecule has 0 radical (unpaired) electrons. The number of nitrogens with two attached hydrogens (primary N) is 1. The standard InChI is InChI=1S/C7H13N3O/c1-4(2)5-3-9-7(8)10-6(5)11/h3-5,7H,8H2,1-2H3,(H,10,11). The van der Waals surface area contributed by atoms with Gasteiger partial charge in [0, 0.05) is 6.21 Å². The van der Waals surface area contributed by atoms with Crippen LogP contribution in [0.4, 0.5) is 0 Å². The van der Waals surface area contributed by atoms with Crippen molar-refractivity contribution in [3.63, 3.8) is 0 Å². The highest BCUT2D eigenvalue weighted by molar-refractivity contribution is 5.95. The van der Waals surface area contributed by atoms with Gasteiger partial charge in [-0.15, -0.1) is 0 Å². The van der Waals surface area contributed by atoms with Gasteiger partial charge in [0.25, 0.3) is 0 Å². The second-order valence-electron chi connectivity index (χ2n) is 3.02. The number of carbonyl (C=O) groups is 1. The Kier molecular flexibility index (Phi) is 2.24. The number of carbonyl (C=O) groups excluding carboxylic acids is 1. The van der Waals surface area contributed by atoms with E-state index < -0.39 is 6.29 Å². The summed E-state index contributed by atoms with van der Waals surface area (Å²) in [6.07, 6.45) is 1.09. The summed E-state index contributed by atoms with van der Waals surface area (Å²) in [6.45, 7) is 3.96. The maximum Gasteiger partial charge on any atom is 0.231 e. The fourth-order valence-corrected chi connectivity index (χ4v) is 1.01. The summed E-state index contributed by atoms with van der Waals surface area (Å²) in [5, 5.41) is 2.55. The van der Waals surface area contributed by atoms with Crippen molar-refractivity contribution in [1.29, 1.82) is 0 Å². The van der Waals surface area contributed by atoms with Crippen molar-refractivity contribution in [2.24, 2.45) is 22.6 Å². The molecule has 62 valence electrons. The molecule has 0 aromatic carbocycles. The van der Waals surface area contributed by atoms with E-state index in [1.807, 2.05) is 13.8 Å². The maximum absolute atomic E-state index is 11.2. The molecule has 0 aromatic rings. The van der Waals surface area contributed by atoms with E-state index in [9.17, 15) is 4.79 Å². The Morgan fingerprint density at radius 1 is 1.73 bits per heavy atom. The Hall–Kier alpha value is -0.900. The number of amides is 1. The first-order valence-corrected chi connectivity index (χ1v) is 3.70. The van der Waals surface area contributed by atoms with Crippen LogP contribution in [0, 0.1) is 11.8 Å². The van der Waals surface area contributed by atoms with Crippen LogP contribution in [0.1, 0.15) is 13.8 Å². The molecule has 1 heterocycles. The third kappa shape index (κ3) is 1.77. The van der Waals surface area contributed by atoms with E-state index in [1.54, 1.807) is 6.21 Å². The van der Waals surface area contributed by atoms with Gasteiger partial charge < -0.3 is 5.32 Å². The molecule has 0 saturated heterocycles. The van der Waals surface area contributed by atoms with Crippen LogP contribution in [0.15, 0.2) is 4.99 Å². The molecule has 2 unspecified atom stereocenters. The van der Waals surface area contributed by atoms with Gasteiger partial charge in [0.15, 0.2) is 6.29 Å². The van der Waals surface area contributed by atoms with Crippen molar-refractivity contribution in [3.05, 3.63) is 0 Å². The summed E-state index contributed by atoms with van der Waals surface area (Å²) in [5.41, 5.74) is 5.36. The molecule has 1 amide bonds. The zero-order chi connectivity index (χ0) is 8.43. The molecule has 4 nitrogen and oxygen atoms in total. The van der Waals surface area contributed by atoms with Crippen molar-refractivity contribution < 1.29 is 4.79 Å². The first-order chi connectivity index (χ1) is 5.11. The Morgan fingerprint density at radius 2 is 2.36 bits per heavy atom. The van der Waals surface area contributed by atoms with Gasteiger partial charge in [-0.05, 0) is 5.92 Å². The van der Waals surface area contributed by atoms with Gasteiger partial charge in [0.1, 0.15) is 0 Å². The van der Waals surface area contributed by atoms with Crippen LogP contribution >= 0.6 is 0 Å². The average molecular weight is 155 g/mol. The lowest BCUT2D eigenvalue weighted by molar-refractivity contribution is -0.125. The van der Waals surface area contributed by atoms with Crippen LogP contribution < -0.4 is 11.1 Å². The van der Waals surface area contributed by atoms with Crippen LogP contribution in [-0.4, -0.2) is 18.4 Å². The van der Waals surface area contributed by atoms with E-state index in [0.29, 0.717) is 0 Å². The van der Waals surface area contributed by atoms with E-state index in [0.717, 1.165) is 0 Å². The first kappa shape index (κ1) is 8.20. The summed E-state index contributed by atoms with van der Waals surface area (Å²) < 4.78 is 0. The summed E-state index contributed by atoms with van der Waals surface area (Å²) in [7, 11) is 0. The van der Waals surface area contributed by atoms with Crippen molar-refractivity contribution >= 4 is 12.1 Å². The van der Waals surface area contributed by atoms with Gasteiger partial charge in [0.2, 0.25) is 5.91 Å². The molecule has 0 aliphatic carbocycles. The van der Waals surface area contributed by atoms with Crippen molar-refractivity contribution in [1.82, 2.24) is 5.32 Å². The number of rotatable bonds is 1. The Balaban J connectivity index is 2.68. The smallest absolute Gasteiger partial charge is 0.231 e. The highest BCUT2D eigenvalue weighted by Crippen LogP contribution is 2.10. The van der Waals surface area contributed by atoms with Gasteiger partial charge >= 0.3 is 0 Å². The maximum atomic E-state index is 11.2. The summed E-state index contributed by atoms with van der Waals surface area (Å²) in [5.74, 6) is 0.142. The molecule has 1 rings (SSSR count). The van der Waals surface area contributed by atoms with Crippen molar-refractivity contribution in [2.45, 2.75) is 20.1 Å². The third-order valence-electron chi connectivity index (χ3n) is 1.72. The molecule has 0 fully saturated rings. The quantitative estimate of drug-likeness (QED) is 0.546. The SMILES string of the molecule is CC(C)C1C=NC(N)NC1=O. The largest absolute Gasteiger partial charge is 0.322 e. The highest BCUT2D eigenvalue weighted by atomic mass is 16.2. The molecule has 2 atom stereocenters. The normalized spacial score (nSPS) is 30.7. The molecule has 0 bridgehead atoms. The number of hydrogen-bond acceptors (Lipinski definition) is 3. The second-order valence-corrected chi connectivity index (χ2v) is 3.02. The molecule has 0 saturated carbocycles. The van der Waals surface area contributed by atoms with Crippen molar-refractivity contribution in [3.8, 4) is 0 Å². The first-order valence-electron chi connectivity index (χ1n) is 3.70. The molecule has 3 N–H and O–H groups in total. The Labute approximate surface area is 65.9 Å².